The smallest absolute Gasteiger partial charge is 0.273 e. The van der Waals surface area contributed by atoms with E-state index in [1.807, 2.05) is 48.0 Å². The first-order valence-electron chi connectivity index (χ1n) is 11.4. The normalized spacial score (nSPS) is 23.2. The van der Waals surface area contributed by atoms with Crippen LogP contribution in [0.5, 0.6) is 0 Å². The average molecular weight is 446 g/mol. The van der Waals surface area contributed by atoms with Crippen molar-refractivity contribution in [1.29, 1.82) is 5.26 Å². The second kappa shape index (κ2) is 8.45. The van der Waals surface area contributed by atoms with Gasteiger partial charge in [0.15, 0.2) is 5.65 Å². The number of hydrogen-bond acceptors (Lipinski definition) is 7. The highest BCUT2D eigenvalue weighted by molar-refractivity contribution is 5.94. The molecule has 0 radical (unpaired) electrons. The standard InChI is InChI=1S/C24H27N7O2/c1-15-6-5-8-26-22(15)24(33)30-9-4-3-7-19(30)18-10-21-27-23(16(2)12-31(21)28-18)29-13-17(11-25)20(32)14-29/h5-6,8,10,12,17,19-20,32H,3-4,7,9,13-14H2,1-2H3. The lowest BCUT2D eigenvalue weighted by atomic mass is 9.98. The maximum atomic E-state index is 13.3. The Balaban J connectivity index is 1.47. The van der Waals surface area contributed by atoms with E-state index in [9.17, 15) is 15.2 Å². The first kappa shape index (κ1) is 21.3. The Labute approximate surface area is 192 Å². The summed E-state index contributed by atoms with van der Waals surface area (Å²) in [7, 11) is 0. The van der Waals surface area contributed by atoms with Crippen molar-refractivity contribution in [2.45, 2.75) is 45.3 Å². The van der Waals surface area contributed by atoms with E-state index < -0.39 is 12.0 Å². The molecule has 3 atom stereocenters. The number of likely N-dealkylation sites (tertiary alicyclic amines) is 1. The molecule has 170 valence electrons. The van der Waals surface area contributed by atoms with Crippen LogP contribution in [0.4, 0.5) is 5.82 Å². The second-order valence-electron chi connectivity index (χ2n) is 9.01. The van der Waals surface area contributed by atoms with Gasteiger partial charge in [-0.05, 0) is 44.7 Å². The van der Waals surface area contributed by atoms with Crippen molar-refractivity contribution in [3.63, 3.8) is 0 Å². The number of rotatable bonds is 3. The van der Waals surface area contributed by atoms with Gasteiger partial charge < -0.3 is 14.9 Å². The fourth-order valence-electron chi connectivity index (χ4n) is 4.92. The zero-order valence-electron chi connectivity index (χ0n) is 18.8. The maximum Gasteiger partial charge on any atom is 0.273 e. The molecule has 2 aliphatic rings. The molecule has 2 saturated heterocycles. The van der Waals surface area contributed by atoms with Crippen LogP contribution < -0.4 is 4.90 Å². The summed E-state index contributed by atoms with van der Waals surface area (Å²) in [4.78, 5) is 26.3. The predicted octanol–water partition coefficient (Wildman–Crippen LogP) is 2.43. The number of pyridine rings is 1. The number of hydrogen-bond donors (Lipinski definition) is 1. The number of carbonyl (C=O) groups is 1. The fraction of sp³-hybridized carbons (Fsp3) is 0.458. The number of amides is 1. The van der Waals surface area contributed by atoms with Crippen LogP contribution in [0.15, 0.2) is 30.6 Å². The SMILES string of the molecule is Cc1cccnc1C(=O)N1CCCCC1c1cc2nc(N3CC(O)C(C#N)C3)c(C)cn2n1. The monoisotopic (exact) mass is 445 g/mol. The molecule has 0 aliphatic carbocycles. The Morgan fingerprint density at radius 3 is 2.85 bits per heavy atom. The zero-order valence-corrected chi connectivity index (χ0v) is 18.8. The third-order valence-corrected chi connectivity index (χ3v) is 6.70. The summed E-state index contributed by atoms with van der Waals surface area (Å²) in [6.07, 6.45) is 5.73. The van der Waals surface area contributed by atoms with Gasteiger partial charge in [-0.3, -0.25) is 9.78 Å². The Bertz CT molecular complexity index is 1250. The first-order valence-corrected chi connectivity index (χ1v) is 11.4. The molecule has 0 aromatic carbocycles. The van der Waals surface area contributed by atoms with Crippen molar-refractivity contribution in [3.8, 4) is 6.07 Å². The van der Waals surface area contributed by atoms with Crippen molar-refractivity contribution in [2.75, 3.05) is 24.5 Å². The van der Waals surface area contributed by atoms with Gasteiger partial charge >= 0.3 is 0 Å². The molecule has 2 fully saturated rings. The van der Waals surface area contributed by atoms with Gasteiger partial charge in [-0.1, -0.05) is 6.07 Å². The summed E-state index contributed by atoms with van der Waals surface area (Å²) in [5.74, 6) is 0.277. The topological polar surface area (TPSA) is 111 Å². The first-order chi connectivity index (χ1) is 16.0. The van der Waals surface area contributed by atoms with Gasteiger partial charge in [-0.15, -0.1) is 0 Å². The molecule has 3 unspecified atom stereocenters. The molecule has 5 rings (SSSR count). The fourth-order valence-corrected chi connectivity index (χ4v) is 4.92. The second-order valence-corrected chi connectivity index (χ2v) is 9.01. The van der Waals surface area contributed by atoms with Crippen molar-refractivity contribution in [3.05, 3.63) is 53.1 Å². The lowest BCUT2D eigenvalue weighted by Crippen LogP contribution is -2.39. The van der Waals surface area contributed by atoms with Crippen LogP contribution in [0.2, 0.25) is 0 Å². The molecular formula is C24H27N7O2. The van der Waals surface area contributed by atoms with E-state index in [2.05, 4.69) is 11.1 Å². The number of nitriles is 1. The quantitative estimate of drug-likeness (QED) is 0.659. The van der Waals surface area contributed by atoms with Gasteiger partial charge in [0.2, 0.25) is 0 Å². The summed E-state index contributed by atoms with van der Waals surface area (Å²) < 4.78 is 1.76. The molecule has 0 bridgehead atoms. The molecule has 0 spiro atoms. The van der Waals surface area contributed by atoms with Crippen molar-refractivity contribution >= 4 is 17.4 Å². The van der Waals surface area contributed by atoms with Crippen molar-refractivity contribution in [1.82, 2.24) is 24.5 Å². The van der Waals surface area contributed by atoms with Crippen LogP contribution >= 0.6 is 0 Å². The van der Waals surface area contributed by atoms with E-state index in [1.165, 1.54) is 0 Å². The van der Waals surface area contributed by atoms with E-state index >= 15 is 0 Å². The highest BCUT2D eigenvalue weighted by Crippen LogP contribution is 2.33. The number of aryl methyl sites for hydroxylation is 2. The number of fused-ring (bicyclic) bond motifs is 1. The number of aromatic nitrogens is 4. The number of carbonyl (C=O) groups excluding carboxylic acids is 1. The Morgan fingerprint density at radius 1 is 1.24 bits per heavy atom. The summed E-state index contributed by atoms with van der Waals surface area (Å²) in [6, 6.07) is 7.73. The number of β-amino-alcohol motifs (C(OH)–C–C–N with tert-alkyl or cyclic N) is 1. The summed E-state index contributed by atoms with van der Waals surface area (Å²) in [5.41, 5.74) is 3.78. The minimum Gasteiger partial charge on any atom is -0.390 e. The van der Waals surface area contributed by atoms with E-state index in [4.69, 9.17) is 10.1 Å². The lowest BCUT2D eigenvalue weighted by Gasteiger charge is -2.34. The number of nitrogens with zero attached hydrogens (tertiary/aromatic N) is 7. The number of anilines is 1. The van der Waals surface area contributed by atoms with Crippen molar-refractivity contribution in [2.24, 2.45) is 5.92 Å². The third-order valence-electron chi connectivity index (χ3n) is 6.70. The third kappa shape index (κ3) is 3.80. The average Bonchev–Trinajstić information content (AvgIpc) is 3.40. The van der Waals surface area contributed by atoms with Gasteiger partial charge in [0.05, 0.1) is 29.8 Å². The molecule has 2 aliphatic heterocycles. The number of aliphatic hydroxyl groups is 1. The van der Waals surface area contributed by atoms with Crippen LogP contribution in [0.3, 0.4) is 0 Å². The van der Waals surface area contributed by atoms with E-state index in [0.717, 1.165) is 41.9 Å². The Hall–Kier alpha value is -3.51. The Morgan fingerprint density at radius 2 is 2.09 bits per heavy atom. The van der Waals surface area contributed by atoms with Gasteiger partial charge in [0.25, 0.3) is 5.91 Å². The highest BCUT2D eigenvalue weighted by Gasteiger charge is 2.34. The molecule has 5 heterocycles. The van der Waals surface area contributed by atoms with Crippen molar-refractivity contribution < 1.29 is 9.90 Å². The molecule has 1 N–H and O–H groups in total. The Kier molecular flexibility index (Phi) is 5.46. The van der Waals surface area contributed by atoms with Gasteiger partial charge in [0.1, 0.15) is 11.5 Å². The molecule has 3 aromatic rings. The van der Waals surface area contributed by atoms with E-state index in [-0.39, 0.29) is 11.9 Å². The largest absolute Gasteiger partial charge is 0.390 e. The molecule has 33 heavy (non-hydrogen) atoms. The van der Waals surface area contributed by atoms with Crippen LogP contribution in [0.25, 0.3) is 5.65 Å². The van der Waals surface area contributed by atoms with E-state index in [1.54, 1.807) is 10.7 Å². The van der Waals surface area contributed by atoms with E-state index in [0.29, 0.717) is 31.0 Å². The molecule has 9 heteroatoms. The van der Waals surface area contributed by atoms with Crippen LogP contribution in [-0.2, 0) is 0 Å². The minimum absolute atomic E-state index is 0.0618. The molecule has 9 nitrogen and oxygen atoms in total. The predicted molar refractivity (Wildman–Crippen MR) is 122 cm³/mol. The minimum atomic E-state index is -0.676. The van der Waals surface area contributed by atoms with Gasteiger partial charge in [-0.25, -0.2) is 9.50 Å². The summed E-state index contributed by atoms with van der Waals surface area (Å²) >= 11 is 0. The van der Waals surface area contributed by atoms with Crippen LogP contribution in [0, 0.1) is 31.1 Å². The molecule has 1 amide bonds. The molecule has 3 aromatic heterocycles. The van der Waals surface area contributed by atoms with Crippen LogP contribution in [-0.4, -0.2) is 61.2 Å². The number of piperidine rings is 1. The van der Waals surface area contributed by atoms with Gasteiger partial charge in [0, 0.05) is 43.7 Å². The molecule has 0 saturated carbocycles. The summed E-state index contributed by atoms with van der Waals surface area (Å²) in [5, 5.41) is 24.2. The summed E-state index contributed by atoms with van der Waals surface area (Å²) in [6.45, 7) is 5.38. The highest BCUT2D eigenvalue weighted by atomic mass is 16.3. The zero-order chi connectivity index (χ0) is 23.1. The lowest BCUT2D eigenvalue weighted by molar-refractivity contribution is 0.0598. The van der Waals surface area contributed by atoms with Gasteiger partial charge in [-0.2, -0.15) is 10.4 Å². The number of aliphatic hydroxyl groups excluding tert-OH is 1. The van der Waals surface area contributed by atoms with Crippen LogP contribution in [0.1, 0.15) is 52.6 Å². The maximum absolute atomic E-state index is 13.3. The molecular weight excluding hydrogens is 418 g/mol.